The Balaban J connectivity index is 2.60. The van der Waals surface area contributed by atoms with E-state index in [2.05, 4.69) is 0 Å². The first-order valence-electron chi connectivity index (χ1n) is 4.00. The Bertz CT molecular complexity index is 342. The van der Waals surface area contributed by atoms with Gasteiger partial charge in [0.2, 0.25) is 0 Å². The van der Waals surface area contributed by atoms with Crippen LogP contribution in [0.2, 0.25) is 0 Å². The van der Waals surface area contributed by atoms with E-state index < -0.39 is 0 Å². The molecule has 1 aromatic rings. The van der Waals surface area contributed by atoms with Crippen LogP contribution in [0, 0.1) is 6.92 Å². The molecule has 0 fully saturated rings. The molecule has 62 valence electrons. The Morgan fingerprint density at radius 2 is 2.17 bits per heavy atom. The van der Waals surface area contributed by atoms with Crippen LogP contribution in [0.3, 0.4) is 0 Å². The van der Waals surface area contributed by atoms with Crippen molar-refractivity contribution in [3.63, 3.8) is 0 Å². The maximum absolute atomic E-state index is 11.2. The van der Waals surface area contributed by atoms with Gasteiger partial charge in [-0.15, -0.1) is 0 Å². The molecule has 0 saturated carbocycles. The van der Waals surface area contributed by atoms with Gasteiger partial charge in [0.25, 0.3) is 0 Å². The molecule has 0 spiro atoms. The summed E-state index contributed by atoms with van der Waals surface area (Å²) in [6, 6.07) is 5.76. The summed E-state index contributed by atoms with van der Waals surface area (Å²) < 4.78 is 5.05. The second-order valence-corrected chi connectivity index (χ2v) is 3.14. The largest absolute Gasteiger partial charge is 0.454 e. The van der Waals surface area contributed by atoms with Gasteiger partial charge in [-0.25, -0.2) is 4.79 Å². The lowest BCUT2D eigenvalue weighted by Crippen LogP contribution is -1.93. The molecule has 1 aliphatic heterocycles. The zero-order chi connectivity index (χ0) is 8.72. The number of carbonyl (C=O) groups excluding carboxylic acids is 1. The van der Waals surface area contributed by atoms with Gasteiger partial charge in [0, 0.05) is 5.56 Å². The molecule has 0 saturated heterocycles. The number of fused-ring (bicyclic) bond motifs is 1. The first-order valence-corrected chi connectivity index (χ1v) is 4.00. The normalized spacial score (nSPS) is 20.5. The highest BCUT2D eigenvalue weighted by molar-refractivity contribution is 5.94. The molecule has 12 heavy (non-hydrogen) atoms. The molecule has 0 amide bonds. The molecular formula is C10H10O2. The van der Waals surface area contributed by atoms with Crippen LogP contribution >= 0.6 is 0 Å². The van der Waals surface area contributed by atoms with Crippen LogP contribution in [0.15, 0.2) is 18.2 Å². The molecule has 2 heteroatoms. The summed E-state index contributed by atoms with van der Waals surface area (Å²) in [7, 11) is 0. The lowest BCUT2D eigenvalue weighted by Gasteiger charge is -2.01. The number of esters is 1. The van der Waals surface area contributed by atoms with Crippen molar-refractivity contribution in [2.45, 2.75) is 20.0 Å². The van der Waals surface area contributed by atoms with Crippen molar-refractivity contribution in [2.24, 2.45) is 0 Å². The van der Waals surface area contributed by atoms with E-state index in [1.807, 2.05) is 32.0 Å². The maximum Gasteiger partial charge on any atom is 0.339 e. The molecule has 0 N–H and O–H groups in total. The molecule has 0 aliphatic carbocycles. The van der Waals surface area contributed by atoms with Gasteiger partial charge in [-0.05, 0) is 19.9 Å². The monoisotopic (exact) mass is 162 g/mol. The van der Waals surface area contributed by atoms with Crippen LogP contribution in [0.5, 0.6) is 0 Å². The number of aryl methyl sites for hydroxylation is 1. The first-order chi connectivity index (χ1) is 5.68. The molecule has 2 nitrogen and oxygen atoms in total. The van der Waals surface area contributed by atoms with E-state index in [-0.39, 0.29) is 12.1 Å². The van der Waals surface area contributed by atoms with E-state index in [1.165, 1.54) is 5.56 Å². The average Bonchev–Trinajstić information content (AvgIpc) is 2.28. The zero-order valence-corrected chi connectivity index (χ0v) is 7.13. The quantitative estimate of drug-likeness (QED) is 0.547. The number of cyclic esters (lactones) is 1. The third-order valence-corrected chi connectivity index (χ3v) is 2.15. The second kappa shape index (κ2) is 2.34. The van der Waals surface area contributed by atoms with E-state index in [1.54, 1.807) is 0 Å². The van der Waals surface area contributed by atoms with Gasteiger partial charge < -0.3 is 4.74 Å². The maximum atomic E-state index is 11.2. The van der Waals surface area contributed by atoms with Crippen molar-refractivity contribution in [1.29, 1.82) is 0 Å². The lowest BCUT2D eigenvalue weighted by atomic mass is 10.0. The highest BCUT2D eigenvalue weighted by Gasteiger charge is 2.26. The molecule has 2 rings (SSSR count). The summed E-state index contributed by atoms with van der Waals surface area (Å²) in [5, 5.41) is 0. The number of carbonyl (C=O) groups is 1. The Hall–Kier alpha value is -1.31. The van der Waals surface area contributed by atoms with Gasteiger partial charge in [-0.1, -0.05) is 17.7 Å². The Morgan fingerprint density at radius 1 is 1.42 bits per heavy atom. The molecule has 1 heterocycles. The summed E-state index contributed by atoms with van der Waals surface area (Å²) in [5.41, 5.74) is 2.90. The molecule has 0 aromatic heterocycles. The Kier molecular flexibility index (Phi) is 1.43. The topological polar surface area (TPSA) is 26.3 Å². The third-order valence-electron chi connectivity index (χ3n) is 2.15. The number of hydrogen-bond acceptors (Lipinski definition) is 2. The molecule has 1 unspecified atom stereocenters. The van der Waals surface area contributed by atoms with Gasteiger partial charge in [0.15, 0.2) is 0 Å². The molecule has 0 radical (unpaired) electrons. The first kappa shape index (κ1) is 7.35. The molecule has 1 atom stereocenters. The third kappa shape index (κ3) is 0.916. The van der Waals surface area contributed by atoms with Crippen molar-refractivity contribution in [2.75, 3.05) is 0 Å². The summed E-state index contributed by atoms with van der Waals surface area (Å²) in [5.74, 6) is -0.197. The van der Waals surface area contributed by atoms with Gasteiger partial charge in [-0.3, -0.25) is 0 Å². The molecule has 0 bridgehead atoms. The minimum Gasteiger partial charge on any atom is -0.454 e. The summed E-state index contributed by atoms with van der Waals surface area (Å²) in [4.78, 5) is 11.2. The van der Waals surface area contributed by atoms with E-state index >= 15 is 0 Å². The van der Waals surface area contributed by atoms with Crippen molar-refractivity contribution >= 4 is 5.97 Å². The SMILES string of the molecule is Cc1ccc2c(c1)C(C)OC2=O. The van der Waals surface area contributed by atoms with Crippen molar-refractivity contribution in [1.82, 2.24) is 0 Å². The minimum atomic E-state index is -0.197. The van der Waals surface area contributed by atoms with Crippen LogP contribution in [-0.2, 0) is 4.74 Å². The molecule has 1 aromatic carbocycles. The zero-order valence-electron chi connectivity index (χ0n) is 7.13. The lowest BCUT2D eigenvalue weighted by molar-refractivity contribution is 0.0422. The fourth-order valence-electron chi connectivity index (χ4n) is 1.49. The van der Waals surface area contributed by atoms with E-state index in [0.717, 1.165) is 5.56 Å². The predicted octanol–water partition coefficient (Wildman–Crippen LogP) is 2.23. The summed E-state index contributed by atoms with van der Waals surface area (Å²) in [6.07, 6.45) is -0.0765. The Morgan fingerprint density at radius 3 is 2.92 bits per heavy atom. The smallest absolute Gasteiger partial charge is 0.339 e. The van der Waals surface area contributed by atoms with E-state index in [0.29, 0.717) is 5.56 Å². The van der Waals surface area contributed by atoms with Crippen LogP contribution in [0.1, 0.15) is 34.5 Å². The van der Waals surface area contributed by atoms with Crippen LogP contribution in [0.25, 0.3) is 0 Å². The van der Waals surface area contributed by atoms with Crippen LogP contribution < -0.4 is 0 Å². The standard InChI is InChI=1S/C10H10O2/c1-6-3-4-8-9(5-6)7(2)12-10(8)11/h3-5,7H,1-2H3. The Labute approximate surface area is 71.2 Å². The summed E-state index contributed by atoms with van der Waals surface area (Å²) in [6.45, 7) is 3.90. The van der Waals surface area contributed by atoms with Crippen molar-refractivity contribution < 1.29 is 9.53 Å². The van der Waals surface area contributed by atoms with Gasteiger partial charge >= 0.3 is 5.97 Å². The predicted molar refractivity (Wildman–Crippen MR) is 45.0 cm³/mol. The highest BCUT2D eigenvalue weighted by Crippen LogP contribution is 2.30. The number of hydrogen-bond donors (Lipinski definition) is 0. The second-order valence-electron chi connectivity index (χ2n) is 3.14. The average molecular weight is 162 g/mol. The van der Waals surface area contributed by atoms with E-state index in [9.17, 15) is 4.79 Å². The molecular weight excluding hydrogens is 152 g/mol. The number of benzene rings is 1. The summed E-state index contributed by atoms with van der Waals surface area (Å²) >= 11 is 0. The van der Waals surface area contributed by atoms with Gasteiger partial charge in [-0.2, -0.15) is 0 Å². The van der Waals surface area contributed by atoms with E-state index in [4.69, 9.17) is 4.74 Å². The van der Waals surface area contributed by atoms with Crippen molar-refractivity contribution in [3.05, 3.63) is 34.9 Å². The van der Waals surface area contributed by atoms with Crippen LogP contribution in [-0.4, -0.2) is 5.97 Å². The van der Waals surface area contributed by atoms with Crippen LogP contribution in [0.4, 0.5) is 0 Å². The van der Waals surface area contributed by atoms with Gasteiger partial charge in [0.1, 0.15) is 6.10 Å². The minimum absolute atomic E-state index is 0.0765. The van der Waals surface area contributed by atoms with Crippen molar-refractivity contribution in [3.8, 4) is 0 Å². The number of ether oxygens (including phenoxy) is 1. The highest BCUT2D eigenvalue weighted by atomic mass is 16.5. The number of rotatable bonds is 0. The fourth-order valence-corrected chi connectivity index (χ4v) is 1.49. The molecule has 1 aliphatic rings. The van der Waals surface area contributed by atoms with Gasteiger partial charge in [0.05, 0.1) is 5.56 Å². The fraction of sp³-hybridized carbons (Fsp3) is 0.300.